The third-order valence-corrected chi connectivity index (χ3v) is 3.91. The first-order chi connectivity index (χ1) is 9.85. The standard InChI is InChI=1S/C17H26N2O2/c1-17(2,21)10-4-3-5-13-6-8-15(9-7-13)19-12-14(18)11-16(19)20/h6-9,14,21H,3-5,10-12,18H2,1-2H3/t14-/m1/s1. The molecule has 0 bridgehead atoms. The van der Waals surface area contributed by atoms with E-state index in [-0.39, 0.29) is 11.9 Å². The first kappa shape index (κ1) is 16.0. The molecular weight excluding hydrogens is 264 g/mol. The number of nitrogens with zero attached hydrogens (tertiary/aromatic N) is 1. The average Bonchev–Trinajstić information content (AvgIpc) is 2.73. The lowest BCUT2D eigenvalue weighted by molar-refractivity contribution is -0.117. The predicted molar refractivity (Wildman–Crippen MR) is 85.2 cm³/mol. The summed E-state index contributed by atoms with van der Waals surface area (Å²) in [5, 5.41) is 9.67. The Morgan fingerprint density at radius 2 is 1.95 bits per heavy atom. The molecule has 4 heteroatoms. The van der Waals surface area contributed by atoms with Crippen molar-refractivity contribution in [3.05, 3.63) is 29.8 Å². The molecule has 1 amide bonds. The SMILES string of the molecule is CC(C)(O)CCCCc1ccc(N2C[C@H](N)CC2=O)cc1. The zero-order valence-corrected chi connectivity index (χ0v) is 13.0. The third-order valence-electron chi connectivity index (χ3n) is 3.91. The summed E-state index contributed by atoms with van der Waals surface area (Å²) in [5.74, 6) is 0.112. The Labute approximate surface area is 126 Å². The molecule has 1 heterocycles. The molecule has 0 unspecified atom stereocenters. The fourth-order valence-corrected chi connectivity index (χ4v) is 2.71. The van der Waals surface area contributed by atoms with E-state index in [1.54, 1.807) is 4.90 Å². The number of carbonyl (C=O) groups is 1. The van der Waals surface area contributed by atoms with Gasteiger partial charge >= 0.3 is 0 Å². The Hall–Kier alpha value is -1.39. The van der Waals surface area contributed by atoms with Crippen LogP contribution in [-0.4, -0.2) is 29.2 Å². The van der Waals surface area contributed by atoms with E-state index in [4.69, 9.17) is 5.73 Å². The maximum atomic E-state index is 11.8. The van der Waals surface area contributed by atoms with Crippen LogP contribution in [0.5, 0.6) is 0 Å². The minimum Gasteiger partial charge on any atom is -0.390 e. The van der Waals surface area contributed by atoms with Crippen molar-refractivity contribution >= 4 is 11.6 Å². The van der Waals surface area contributed by atoms with Gasteiger partial charge in [-0.05, 0) is 50.8 Å². The number of rotatable bonds is 6. The monoisotopic (exact) mass is 290 g/mol. The molecular formula is C17H26N2O2. The predicted octanol–water partition coefficient (Wildman–Crippen LogP) is 2.23. The van der Waals surface area contributed by atoms with Crippen LogP contribution in [0.4, 0.5) is 5.69 Å². The molecule has 1 aromatic rings. The molecule has 1 fully saturated rings. The average molecular weight is 290 g/mol. The second-order valence-corrected chi connectivity index (χ2v) is 6.65. The van der Waals surface area contributed by atoms with Gasteiger partial charge in [0, 0.05) is 24.7 Å². The van der Waals surface area contributed by atoms with Gasteiger partial charge in [0.2, 0.25) is 5.91 Å². The Balaban J connectivity index is 1.84. The first-order valence-corrected chi connectivity index (χ1v) is 7.72. The summed E-state index contributed by atoms with van der Waals surface area (Å²) >= 11 is 0. The van der Waals surface area contributed by atoms with Crippen LogP contribution in [-0.2, 0) is 11.2 Å². The molecule has 0 saturated carbocycles. The molecule has 1 aliphatic rings. The number of unbranched alkanes of at least 4 members (excludes halogenated alkanes) is 1. The largest absolute Gasteiger partial charge is 0.390 e. The zero-order valence-electron chi connectivity index (χ0n) is 13.0. The van der Waals surface area contributed by atoms with Gasteiger partial charge in [0.05, 0.1) is 5.60 Å². The van der Waals surface area contributed by atoms with Gasteiger partial charge in [-0.3, -0.25) is 4.79 Å². The molecule has 1 atom stereocenters. The molecule has 116 valence electrons. The molecule has 1 saturated heterocycles. The smallest absolute Gasteiger partial charge is 0.228 e. The second-order valence-electron chi connectivity index (χ2n) is 6.65. The number of hydrogen-bond donors (Lipinski definition) is 2. The minimum absolute atomic E-state index is 0.0426. The topological polar surface area (TPSA) is 66.6 Å². The van der Waals surface area contributed by atoms with Crippen molar-refractivity contribution in [2.24, 2.45) is 5.73 Å². The van der Waals surface area contributed by atoms with Crippen molar-refractivity contribution in [3.63, 3.8) is 0 Å². The summed E-state index contributed by atoms with van der Waals surface area (Å²) in [6.45, 7) is 4.31. The van der Waals surface area contributed by atoms with E-state index in [1.807, 2.05) is 26.0 Å². The number of carbonyl (C=O) groups excluding carboxylic acids is 1. The van der Waals surface area contributed by atoms with Crippen molar-refractivity contribution < 1.29 is 9.90 Å². The molecule has 0 radical (unpaired) electrons. The maximum Gasteiger partial charge on any atom is 0.228 e. The van der Waals surface area contributed by atoms with Crippen LogP contribution in [0.15, 0.2) is 24.3 Å². The third kappa shape index (κ3) is 4.83. The van der Waals surface area contributed by atoms with Crippen molar-refractivity contribution in [1.82, 2.24) is 0 Å². The van der Waals surface area contributed by atoms with Gasteiger partial charge in [0.25, 0.3) is 0 Å². The van der Waals surface area contributed by atoms with Crippen molar-refractivity contribution in [2.75, 3.05) is 11.4 Å². The number of aliphatic hydroxyl groups is 1. The van der Waals surface area contributed by atoms with Crippen LogP contribution < -0.4 is 10.6 Å². The summed E-state index contributed by atoms with van der Waals surface area (Å²) in [6, 6.07) is 8.12. The summed E-state index contributed by atoms with van der Waals surface area (Å²) < 4.78 is 0. The molecule has 0 spiro atoms. The van der Waals surface area contributed by atoms with Gasteiger partial charge in [-0.2, -0.15) is 0 Å². The summed E-state index contributed by atoms with van der Waals surface area (Å²) in [5.41, 5.74) is 7.45. The van der Waals surface area contributed by atoms with Crippen molar-refractivity contribution in [3.8, 4) is 0 Å². The Bertz CT molecular complexity index is 477. The number of nitrogens with two attached hydrogens (primary N) is 1. The van der Waals surface area contributed by atoms with E-state index in [0.29, 0.717) is 13.0 Å². The fraction of sp³-hybridized carbons (Fsp3) is 0.588. The molecule has 1 aromatic carbocycles. The highest BCUT2D eigenvalue weighted by Gasteiger charge is 2.27. The molecule has 0 aromatic heterocycles. The number of hydrogen-bond acceptors (Lipinski definition) is 3. The van der Waals surface area contributed by atoms with Crippen LogP contribution in [0.25, 0.3) is 0 Å². The lowest BCUT2D eigenvalue weighted by Gasteiger charge is -2.17. The highest BCUT2D eigenvalue weighted by molar-refractivity contribution is 5.96. The lowest BCUT2D eigenvalue weighted by atomic mass is 9.99. The van der Waals surface area contributed by atoms with E-state index in [0.717, 1.165) is 31.4 Å². The fourth-order valence-electron chi connectivity index (χ4n) is 2.71. The van der Waals surface area contributed by atoms with Gasteiger partial charge < -0.3 is 15.7 Å². The molecule has 0 aliphatic carbocycles. The van der Waals surface area contributed by atoms with Crippen LogP contribution in [0.2, 0.25) is 0 Å². The van der Waals surface area contributed by atoms with Crippen LogP contribution in [0.3, 0.4) is 0 Å². The Morgan fingerprint density at radius 3 is 2.48 bits per heavy atom. The zero-order chi connectivity index (χ0) is 15.5. The van der Waals surface area contributed by atoms with E-state index < -0.39 is 5.60 Å². The van der Waals surface area contributed by atoms with Gasteiger partial charge in [-0.1, -0.05) is 18.6 Å². The van der Waals surface area contributed by atoms with Gasteiger partial charge in [-0.15, -0.1) is 0 Å². The number of anilines is 1. The summed E-state index contributed by atoms with van der Waals surface area (Å²) in [7, 11) is 0. The summed E-state index contributed by atoms with van der Waals surface area (Å²) in [4.78, 5) is 13.6. The van der Waals surface area contributed by atoms with Crippen LogP contribution in [0, 0.1) is 0 Å². The van der Waals surface area contributed by atoms with E-state index >= 15 is 0 Å². The number of aryl methyl sites for hydroxylation is 1. The molecule has 3 N–H and O–H groups in total. The van der Waals surface area contributed by atoms with Gasteiger partial charge in [0.1, 0.15) is 0 Å². The highest BCUT2D eigenvalue weighted by atomic mass is 16.3. The number of benzene rings is 1. The first-order valence-electron chi connectivity index (χ1n) is 7.72. The lowest BCUT2D eigenvalue weighted by Crippen LogP contribution is -2.27. The van der Waals surface area contributed by atoms with Crippen molar-refractivity contribution in [1.29, 1.82) is 0 Å². The van der Waals surface area contributed by atoms with Gasteiger partial charge in [-0.25, -0.2) is 0 Å². The van der Waals surface area contributed by atoms with Gasteiger partial charge in [0.15, 0.2) is 0 Å². The Kier molecular flexibility index (Phi) is 5.01. The molecule has 4 nitrogen and oxygen atoms in total. The molecule has 21 heavy (non-hydrogen) atoms. The van der Waals surface area contributed by atoms with E-state index in [2.05, 4.69) is 12.1 Å². The van der Waals surface area contributed by atoms with E-state index in [9.17, 15) is 9.90 Å². The normalized spacial score (nSPS) is 19.3. The summed E-state index contributed by atoms with van der Waals surface area (Å²) in [6.07, 6.45) is 4.36. The maximum absolute atomic E-state index is 11.8. The Morgan fingerprint density at radius 1 is 1.29 bits per heavy atom. The molecule has 1 aliphatic heterocycles. The van der Waals surface area contributed by atoms with Crippen LogP contribution >= 0.6 is 0 Å². The van der Waals surface area contributed by atoms with Crippen molar-refractivity contribution in [2.45, 2.75) is 57.6 Å². The van der Waals surface area contributed by atoms with Crippen LogP contribution in [0.1, 0.15) is 45.1 Å². The van der Waals surface area contributed by atoms with E-state index in [1.165, 1.54) is 5.56 Å². The number of amides is 1. The minimum atomic E-state index is -0.571. The molecule has 2 rings (SSSR count). The second kappa shape index (κ2) is 6.58. The quantitative estimate of drug-likeness (QED) is 0.790. The highest BCUT2D eigenvalue weighted by Crippen LogP contribution is 2.22.